The number of aryl methyl sites for hydroxylation is 2. The Kier molecular flexibility index (Phi) is 5.97. The maximum Gasteiger partial charge on any atom is 0.256 e. The maximum atomic E-state index is 13.5. The van der Waals surface area contributed by atoms with Crippen LogP contribution in [0.5, 0.6) is 5.88 Å². The van der Waals surface area contributed by atoms with Gasteiger partial charge in [-0.15, -0.1) is 0 Å². The SMILES string of the molecule is Cc1ccc(-n2nccn2)c(C(=O)N2CC(COc3cc(C)c(F)cn3)CCC2C)c1. The number of aromatic nitrogens is 4. The minimum atomic E-state index is -0.351. The Hall–Kier alpha value is -3.29. The van der Waals surface area contributed by atoms with Crippen molar-refractivity contribution in [2.24, 2.45) is 5.92 Å². The van der Waals surface area contributed by atoms with Gasteiger partial charge in [0.05, 0.1) is 36.4 Å². The Morgan fingerprint density at radius 3 is 2.71 bits per heavy atom. The van der Waals surface area contributed by atoms with Crippen molar-refractivity contribution in [1.29, 1.82) is 0 Å². The molecule has 3 aromatic rings. The summed E-state index contributed by atoms with van der Waals surface area (Å²) in [6, 6.07) is 7.43. The number of piperidine rings is 1. The minimum Gasteiger partial charge on any atom is -0.477 e. The first-order valence-corrected chi connectivity index (χ1v) is 10.5. The summed E-state index contributed by atoms with van der Waals surface area (Å²) >= 11 is 0. The zero-order valence-electron chi connectivity index (χ0n) is 18.0. The molecule has 4 rings (SSSR count). The molecule has 7 nitrogen and oxygen atoms in total. The number of carbonyl (C=O) groups excluding carboxylic acids is 1. The zero-order chi connectivity index (χ0) is 22.0. The van der Waals surface area contributed by atoms with Crippen LogP contribution in [0.4, 0.5) is 4.39 Å². The van der Waals surface area contributed by atoms with E-state index in [-0.39, 0.29) is 23.7 Å². The van der Waals surface area contributed by atoms with Gasteiger partial charge in [0.2, 0.25) is 5.88 Å². The third kappa shape index (κ3) is 4.57. The Morgan fingerprint density at radius 1 is 1.19 bits per heavy atom. The molecule has 0 saturated carbocycles. The van der Waals surface area contributed by atoms with Crippen LogP contribution in [-0.2, 0) is 0 Å². The van der Waals surface area contributed by atoms with E-state index in [4.69, 9.17) is 4.74 Å². The smallest absolute Gasteiger partial charge is 0.256 e. The quantitative estimate of drug-likeness (QED) is 0.625. The Bertz CT molecular complexity index is 1070. The fraction of sp³-hybridized carbons (Fsp3) is 0.391. The summed E-state index contributed by atoms with van der Waals surface area (Å²) in [4.78, 5) is 20.9. The topological polar surface area (TPSA) is 73.1 Å². The van der Waals surface area contributed by atoms with Crippen molar-refractivity contribution in [3.63, 3.8) is 0 Å². The maximum absolute atomic E-state index is 13.5. The van der Waals surface area contributed by atoms with Crippen molar-refractivity contribution in [3.8, 4) is 11.6 Å². The van der Waals surface area contributed by atoms with Gasteiger partial charge in [-0.3, -0.25) is 4.79 Å². The van der Waals surface area contributed by atoms with E-state index < -0.39 is 0 Å². The summed E-state index contributed by atoms with van der Waals surface area (Å²) in [5, 5.41) is 8.39. The molecule has 1 fully saturated rings. The van der Waals surface area contributed by atoms with E-state index in [9.17, 15) is 9.18 Å². The van der Waals surface area contributed by atoms with Gasteiger partial charge in [-0.25, -0.2) is 9.37 Å². The molecule has 31 heavy (non-hydrogen) atoms. The molecular weight excluding hydrogens is 397 g/mol. The van der Waals surface area contributed by atoms with Crippen molar-refractivity contribution < 1.29 is 13.9 Å². The van der Waals surface area contributed by atoms with Crippen LogP contribution in [0.1, 0.15) is 41.3 Å². The van der Waals surface area contributed by atoms with E-state index in [0.717, 1.165) is 18.4 Å². The van der Waals surface area contributed by atoms with Crippen LogP contribution in [0, 0.1) is 25.6 Å². The van der Waals surface area contributed by atoms with E-state index in [0.29, 0.717) is 35.8 Å². The number of benzene rings is 1. The third-order valence-electron chi connectivity index (χ3n) is 5.75. The second-order valence-electron chi connectivity index (χ2n) is 8.17. The average molecular weight is 423 g/mol. The van der Waals surface area contributed by atoms with Gasteiger partial charge in [0.1, 0.15) is 5.82 Å². The van der Waals surface area contributed by atoms with Gasteiger partial charge in [0.15, 0.2) is 0 Å². The fourth-order valence-electron chi connectivity index (χ4n) is 3.89. The Morgan fingerprint density at radius 2 is 1.97 bits per heavy atom. The molecule has 0 spiro atoms. The number of hydrogen-bond acceptors (Lipinski definition) is 5. The van der Waals surface area contributed by atoms with Crippen LogP contribution < -0.4 is 4.74 Å². The zero-order valence-corrected chi connectivity index (χ0v) is 18.0. The second kappa shape index (κ2) is 8.83. The van der Waals surface area contributed by atoms with Crippen molar-refractivity contribution >= 4 is 5.91 Å². The lowest BCUT2D eigenvalue weighted by atomic mass is 9.93. The second-order valence-corrected chi connectivity index (χ2v) is 8.17. The standard InChI is InChI=1S/C23H26FN5O2/c1-15-4-7-21(29-26-8-9-27-29)19(10-15)23(30)28-13-18(6-5-17(28)3)14-31-22-11-16(2)20(24)12-25-22/h4,7-12,17-18H,5-6,13-14H2,1-3H3. The van der Waals surface area contributed by atoms with Crippen molar-refractivity contribution in [3.05, 3.63) is 65.4 Å². The molecule has 8 heteroatoms. The molecular formula is C23H26FN5O2. The summed E-state index contributed by atoms with van der Waals surface area (Å²) in [6.45, 7) is 6.73. The number of nitrogens with zero attached hydrogens (tertiary/aromatic N) is 5. The lowest BCUT2D eigenvalue weighted by Crippen LogP contribution is -2.47. The lowest BCUT2D eigenvalue weighted by molar-refractivity contribution is 0.0502. The highest BCUT2D eigenvalue weighted by Gasteiger charge is 2.31. The molecule has 2 aromatic heterocycles. The van der Waals surface area contributed by atoms with Gasteiger partial charge < -0.3 is 9.64 Å². The molecule has 3 heterocycles. The third-order valence-corrected chi connectivity index (χ3v) is 5.75. The predicted molar refractivity (Wildman–Crippen MR) is 114 cm³/mol. The van der Waals surface area contributed by atoms with Gasteiger partial charge in [0, 0.05) is 24.6 Å². The van der Waals surface area contributed by atoms with Crippen LogP contribution in [0.25, 0.3) is 5.69 Å². The first kappa shape index (κ1) is 21.0. The number of likely N-dealkylation sites (tertiary alicyclic amines) is 1. The van der Waals surface area contributed by atoms with Crippen LogP contribution in [0.2, 0.25) is 0 Å². The van der Waals surface area contributed by atoms with Crippen molar-refractivity contribution in [2.45, 2.75) is 39.7 Å². The summed E-state index contributed by atoms with van der Waals surface area (Å²) in [5.41, 5.74) is 2.75. The first-order chi connectivity index (χ1) is 14.9. The van der Waals surface area contributed by atoms with Crippen LogP contribution in [0.3, 0.4) is 0 Å². The average Bonchev–Trinajstić information content (AvgIpc) is 3.29. The van der Waals surface area contributed by atoms with E-state index >= 15 is 0 Å². The highest BCUT2D eigenvalue weighted by molar-refractivity contribution is 5.98. The molecule has 0 N–H and O–H groups in total. The first-order valence-electron chi connectivity index (χ1n) is 10.5. The van der Waals surface area contributed by atoms with Crippen LogP contribution in [-0.4, -0.2) is 50.0 Å². The van der Waals surface area contributed by atoms with Gasteiger partial charge in [-0.1, -0.05) is 11.6 Å². The molecule has 1 aromatic carbocycles. The number of ether oxygens (including phenoxy) is 1. The van der Waals surface area contributed by atoms with Crippen molar-refractivity contribution in [1.82, 2.24) is 24.9 Å². The Labute approximate surface area is 180 Å². The number of amides is 1. The molecule has 2 atom stereocenters. The van der Waals surface area contributed by atoms with Gasteiger partial charge in [-0.05, 0) is 51.3 Å². The molecule has 1 aliphatic heterocycles. The summed E-state index contributed by atoms with van der Waals surface area (Å²) in [5.74, 6) is 0.185. The molecule has 162 valence electrons. The monoisotopic (exact) mass is 423 g/mol. The molecule has 0 bridgehead atoms. The number of hydrogen-bond donors (Lipinski definition) is 0. The molecule has 1 aliphatic rings. The summed E-state index contributed by atoms with van der Waals surface area (Å²) in [7, 11) is 0. The van der Waals surface area contributed by atoms with Crippen LogP contribution >= 0.6 is 0 Å². The Balaban J connectivity index is 1.50. The highest BCUT2D eigenvalue weighted by Crippen LogP contribution is 2.27. The van der Waals surface area contributed by atoms with Crippen molar-refractivity contribution in [2.75, 3.05) is 13.2 Å². The molecule has 0 aliphatic carbocycles. The lowest BCUT2D eigenvalue weighted by Gasteiger charge is -2.38. The minimum absolute atomic E-state index is 0.0380. The van der Waals surface area contributed by atoms with E-state index in [1.807, 2.05) is 30.0 Å². The largest absolute Gasteiger partial charge is 0.477 e. The molecule has 1 amide bonds. The summed E-state index contributed by atoms with van der Waals surface area (Å²) in [6.07, 6.45) is 6.20. The fourth-order valence-corrected chi connectivity index (χ4v) is 3.89. The molecule has 2 unspecified atom stereocenters. The predicted octanol–water partition coefficient (Wildman–Crippen LogP) is 3.74. The number of rotatable bonds is 5. The number of halogens is 1. The number of pyridine rings is 1. The number of carbonyl (C=O) groups is 1. The molecule has 1 saturated heterocycles. The van der Waals surface area contributed by atoms with Gasteiger partial charge in [0.25, 0.3) is 5.91 Å². The highest BCUT2D eigenvalue weighted by atomic mass is 19.1. The normalized spacial score (nSPS) is 18.8. The van der Waals surface area contributed by atoms with E-state index in [2.05, 4.69) is 22.1 Å². The van der Waals surface area contributed by atoms with Gasteiger partial charge in [-0.2, -0.15) is 15.0 Å². The van der Waals surface area contributed by atoms with Gasteiger partial charge >= 0.3 is 0 Å². The molecule has 0 radical (unpaired) electrons. The van der Waals surface area contributed by atoms with Crippen LogP contribution in [0.15, 0.2) is 42.9 Å². The van der Waals surface area contributed by atoms with E-state index in [1.165, 1.54) is 11.0 Å². The summed E-state index contributed by atoms with van der Waals surface area (Å²) < 4.78 is 19.2. The van der Waals surface area contributed by atoms with E-state index in [1.54, 1.807) is 25.4 Å².